The van der Waals surface area contributed by atoms with Gasteiger partial charge in [-0.3, -0.25) is 24.7 Å². The van der Waals surface area contributed by atoms with E-state index in [9.17, 15) is 19.7 Å². The van der Waals surface area contributed by atoms with Gasteiger partial charge in [-0.1, -0.05) is 43.8 Å². The average molecular weight is 490 g/mol. The van der Waals surface area contributed by atoms with Gasteiger partial charge in [-0.2, -0.15) is 0 Å². The third-order valence-corrected chi connectivity index (χ3v) is 7.19. The Morgan fingerprint density at radius 3 is 2.63 bits per heavy atom. The summed E-state index contributed by atoms with van der Waals surface area (Å²) < 4.78 is 0. The van der Waals surface area contributed by atoms with Crippen LogP contribution < -0.4 is 10.9 Å². The van der Waals surface area contributed by atoms with Crippen molar-refractivity contribution in [2.45, 2.75) is 43.5 Å². The number of fused-ring (bicyclic) bond motifs is 1. The van der Waals surface area contributed by atoms with E-state index in [2.05, 4.69) is 29.1 Å². The van der Waals surface area contributed by atoms with Crippen molar-refractivity contribution in [3.63, 3.8) is 0 Å². The number of nitro groups is 1. The number of thioether (sulfide) groups is 1. The SMILES string of the molecule is CC1(C)CC(=O)C2=C(C1)Nc1nc(SCc3ccc([N+](=O)[O-])cc3)[nH]c(=O)c1[C@@H]2c1cccnc1. The highest BCUT2D eigenvalue weighted by Crippen LogP contribution is 2.47. The van der Waals surface area contributed by atoms with Gasteiger partial charge in [0.05, 0.1) is 10.5 Å². The number of carbonyl (C=O) groups excluding carboxylic acids is 1. The average Bonchev–Trinajstić information content (AvgIpc) is 2.81. The highest BCUT2D eigenvalue weighted by atomic mass is 32.2. The molecule has 3 heterocycles. The molecule has 0 spiro atoms. The summed E-state index contributed by atoms with van der Waals surface area (Å²) in [5.41, 5.74) is 2.98. The molecule has 10 heteroatoms. The van der Waals surface area contributed by atoms with Crippen molar-refractivity contribution >= 4 is 29.1 Å². The van der Waals surface area contributed by atoms with Crippen molar-refractivity contribution in [2.24, 2.45) is 5.41 Å². The molecule has 1 atom stereocenters. The lowest BCUT2D eigenvalue weighted by molar-refractivity contribution is -0.384. The molecule has 1 aliphatic heterocycles. The lowest BCUT2D eigenvalue weighted by Gasteiger charge is -2.38. The molecule has 9 nitrogen and oxygen atoms in total. The van der Waals surface area contributed by atoms with Crippen LogP contribution in [-0.2, 0) is 10.5 Å². The van der Waals surface area contributed by atoms with Gasteiger partial charge >= 0.3 is 0 Å². The number of nitrogens with zero attached hydrogens (tertiary/aromatic N) is 3. The van der Waals surface area contributed by atoms with E-state index < -0.39 is 10.8 Å². The first-order valence-corrected chi connectivity index (χ1v) is 12.1. The Morgan fingerprint density at radius 2 is 1.94 bits per heavy atom. The number of non-ortho nitro benzene ring substituents is 1. The molecule has 178 valence electrons. The Morgan fingerprint density at radius 1 is 1.17 bits per heavy atom. The highest BCUT2D eigenvalue weighted by molar-refractivity contribution is 7.98. The van der Waals surface area contributed by atoms with Crippen molar-refractivity contribution in [3.05, 3.63) is 97.2 Å². The smallest absolute Gasteiger partial charge is 0.269 e. The minimum Gasteiger partial charge on any atom is -0.343 e. The number of aromatic nitrogens is 3. The molecule has 3 aromatic rings. The van der Waals surface area contributed by atoms with Crippen LogP contribution in [-0.4, -0.2) is 25.7 Å². The molecule has 0 radical (unpaired) electrons. The molecular formula is C25H23N5O4S. The number of anilines is 1. The van der Waals surface area contributed by atoms with E-state index >= 15 is 0 Å². The van der Waals surface area contributed by atoms with Crippen molar-refractivity contribution in [3.8, 4) is 0 Å². The Balaban J connectivity index is 1.51. The molecule has 0 fully saturated rings. The van der Waals surface area contributed by atoms with Crippen molar-refractivity contribution in [2.75, 3.05) is 5.32 Å². The topological polar surface area (TPSA) is 131 Å². The number of hydrogen-bond acceptors (Lipinski definition) is 8. The fourth-order valence-corrected chi connectivity index (χ4v) is 5.52. The minimum atomic E-state index is -0.538. The van der Waals surface area contributed by atoms with Crippen LogP contribution in [0.4, 0.5) is 11.5 Å². The number of pyridine rings is 1. The second-order valence-corrected chi connectivity index (χ2v) is 10.5. The van der Waals surface area contributed by atoms with E-state index in [4.69, 9.17) is 4.98 Å². The Bertz CT molecular complexity index is 1410. The van der Waals surface area contributed by atoms with Crippen LogP contribution in [0.25, 0.3) is 0 Å². The minimum absolute atomic E-state index is 0.0266. The van der Waals surface area contributed by atoms with Gasteiger partial charge in [0.15, 0.2) is 10.9 Å². The van der Waals surface area contributed by atoms with Crippen molar-refractivity contribution in [1.29, 1.82) is 0 Å². The second-order valence-electron chi connectivity index (χ2n) is 9.52. The zero-order valence-electron chi connectivity index (χ0n) is 19.2. The number of Topliss-reactive ketones (excluding diaryl/α,β-unsaturated/α-hetero) is 1. The summed E-state index contributed by atoms with van der Waals surface area (Å²) in [4.78, 5) is 48.8. The predicted octanol–water partition coefficient (Wildman–Crippen LogP) is 4.57. The fraction of sp³-hybridized carbons (Fsp3) is 0.280. The molecule has 5 rings (SSSR count). The molecule has 0 saturated heterocycles. The number of benzene rings is 1. The first-order chi connectivity index (χ1) is 16.7. The first-order valence-electron chi connectivity index (χ1n) is 11.2. The molecule has 1 aliphatic carbocycles. The Kier molecular flexibility index (Phi) is 5.76. The van der Waals surface area contributed by atoms with E-state index in [1.54, 1.807) is 30.6 Å². The molecule has 0 amide bonds. The van der Waals surface area contributed by atoms with Gasteiger partial charge in [0.1, 0.15) is 5.82 Å². The third kappa shape index (κ3) is 4.49. The summed E-state index contributed by atoms with van der Waals surface area (Å²) in [5.74, 6) is 0.409. The maximum atomic E-state index is 13.3. The zero-order valence-corrected chi connectivity index (χ0v) is 20.0. The van der Waals surface area contributed by atoms with E-state index in [0.29, 0.717) is 40.7 Å². The van der Waals surface area contributed by atoms with Crippen molar-refractivity contribution in [1.82, 2.24) is 15.0 Å². The fourth-order valence-electron chi connectivity index (χ4n) is 4.71. The van der Waals surface area contributed by atoms with Gasteiger partial charge in [-0.25, -0.2) is 4.98 Å². The number of hydrogen-bond donors (Lipinski definition) is 2. The normalized spacial score (nSPS) is 18.5. The summed E-state index contributed by atoms with van der Waals surface area (Å²) in [6, 6.07) is 9.95. The monoisotopic (exact) mass is 489 g/mol. The standard InChI is InChI=1S/C25H23N5O4S/c1-25(2)10-17-20(18(31)11-25)19(15-4-3-9-26-12-15)21-22(27-17)28-24(29-23(21)32)35-13-14-5-7-16(8-6-14)30(33)34/h3-9,12,19H,10-11,13H2,1-2H3,(H2,27,28,29,32)/t19-/m1/s1. The number of carbonyl (C=O) groups is 1. The number of nitrogens with one attached hydrogen (secondary N) is 2. The molecular weight excluding hydrogens is 466 g/mol. The summed E-state index contributed by atoms with van der Waals surface area (Å²) >= 11 is 1.33. The molecule has 0 unspecified atom stereocenters. The van der Waals surface area contributed by atoms with Gasteiger partial charge in [-0.05, 0) is 29.0 Å². The van der Waals surface area contributed by atoms with Crippen molar-refractivity contribution < 1.29 is 9.72 Å². The predicted molar refractivity (Wildman–Crippen MR) is 132 cm³/mol. The summed E-state index contributed by atoms with van der Waals surface area (Å²) in [6.07, 6.45) is 4.43. The lowest BCUT2D eigenvalue weighted by atomic mass is 9.69. The van der Waals surface area contributed by atoms with Gasteiger partial charge < -0.3 is 10.3 Å². The maximum Gasteiger partial charge on any atom is 0.269 e. The van der Waals surface area contributed by atoms with Gasteiger partial charge in [-0.15, -0.1) is 0 Å². The first kappa shape index (κ1) is 23.0. The maximum absolute atomic E-state index is 13.3. The molecule has 35 heavy (non-hydrogen) atoms. The van der Waals surface area contributed by atoms with E-state index in [0.717, 1.165) is 16.8 Å². The largest absolute Gasteiger partial charge is 0.343 e. The molecule has 2 aliphatic rings. The van der Waals surface area contributed by atoms with Gasteiger partial charge in [0.25, 0.3) is 11.2 Å². The number of nitro benzene ring substituents is 1. The molecule has 2 aromatic heterocycles. The quantitative estimate of drug-likeness (QED) is 0.231. The molecule has 1 aromatic carbocycles. The van der Waals surface area contributed by atoms with Crippen LogP contribution in [0.1, 0.15) is 49.3 Å². The number of ketones is 1. The molecule has 2 N–H and O–H groups in total. The summed E-state index contributed by atoms with van der Waals surface area (Å²) in [7, 11) is 0. The highest BCUT2D eigenvalue weighted by Gasteiger charge is 2.42. The molecule has 0 saturated carbocycles. The number of H-pyrrole nitrogens is 1. The number of rotatable bonds is 5. The van der Waals surface area contributed by atoms with Gasteiger partial charge in [0, 0.05) is 53.9 Å². The zero-order chi connectivity index (χ0) is 24.7. The van der Waals surface area contributed by atoms with E-state index in [-0.39, 0.29) is 22.4 Å². The Hall–Kier alpha value is -3.79. The summed E-state index contributed by atoms with van der Waals surface area (Å²) in [6.45, 7) is 4.11. The van der Waals surface area contributed by atoms with Crippen LogP contribution in [0.2, 0.25) is 0 Å². The van der Waals surface area contributed by atoms with E-state index in [1.165, 1.54) is 23.9 Å². The second kappa shape index (κ2) is 8.77. The van der Waals surface area contributed by atoms with Crippen LogP contribution in [0.15, 0.2) is 70.0 Å². The van der Waals surface area contributed by atoms with E-state index in [1.807, 2.05) is 6.07 Å². The van der Waals surface area contributed by atoms with Crippen LogP contribution >= 0.6 is 11.8 Å². The van der Waals surface area contributed by atoms with Gasteiger partial charge in [0.2, 0.25) is 0 Å². The summed E-state index contributed by atoms with van der Waals surface area (Å²) in [5, 5.41) is 14.6. The van der Waals surface area contributed by atoms with Crippen LogP contribution in [0.3, 0.4) is 0 Å². The third-order valence-electron chi connectivity index (χ3n) is 6.24. The molecule has 0 bridgehead atoms. The number of aromatic amines is 1. The van der Waals surface area contributed by atoms with Crippen LogP contribution in [0, 0.1) is 15.5 Å². The van der Waals surface area contributed by atoms with Crippen LogP contribution in [0.5, 0.6) is 0 Å². The lowest BCUT2D eigenvalue weighted by Crippen LogP contribution is -2.37. The number of allylic oxidation sites excluding steroid dienone is 2. The Labute approximate surface area is 205 Å².